The topological polar surface area (TPSA) is 9.23 Å². The molecule has 0 saturated heterocycles. The monoisotopic (exact) mass is 277 g/mol. The molecular formula is C13H18BF4O-. The lowest BCUT2D eigenvalue weighted by Crippen LogP contribution is -2.36. The number of unbranched alkanes of at least 4 members (excludes halogenated alkanes) is 4. The van der Waals surface area contributed by atoms with Crippen LogP contribution in [0.3, 0.4) is 0 Å². The second-order valence-electron chi connectivity index (χ2n) is 4.52. The summed E-state index contributed by atoms with van der Waals surface area (Å²) in [7, 11) is 0. The van der Waals surface area contributed by atoms with Gasteiger partial charge in [0.1, 0.15) is 5.75 Å². The molecule has 1 aromatic carbocycles. The molecule has 0 unspecified atom stereocenters. The Kier molecular flexibility index (Phi) is 6.18. The van der Waals surface area contributed by atoms with Crippen molar-refractivity contribution in [2.45, 2.75) is 39.0 Å². The molecule has 0 heterocycles. The summed E-state index contributed by atoms with van der Waals surface area (Å²) in [6, 6.07) is 2.71. The number of hydrogen-bond donors (Lipinski definition) is 0. The molecule has 6 heteroatoms. The van der Waals surface area contributed by atoms with Crippen LogP contribution in [0.15, 0.2) is 18.2 Å². The van der Waals surface area contributed by atoms with Crippen molar-refractivity contribution in [2.75, 3.05) is 6.61 Å². The van der Waals surface area contributed by atoms with Crippen molar-refractivity contribution in [3.8, 4) is 5.75 Å². The van der Waals surface area contributed by atoms with Gasteiger partial charge < -0.3 is 17.7 Å². The Morgan fingerprint density at radius 3 is 2.32 bits per heavy atom. The Labute approximate surface area is 111 Å². The molecule has 1 rings (SSSR count). The summed E-state index contributed by atoms with van der Waals surface area (Å²) in [6.45, 7) is -2.79. The van der Waals surface area contributed by atoms with E-state index in [9.17, 15) is 17.3 Å². The molecule has 108 valence electrons. The Morgan fingerprint density at radius 1 is 1.05 bits per heavy atom. The second kappa shape index (κ2) is 7.41. The van der Waals surface area contributed by atoms with Gasteiger partial charge in [0, 0.05) is 6.07 Å². The standard InChI is InChI=1S/C13H18BF4O/c1-2-3-4-5-6-9-19-11-7-8-12(13(15)10-11)14(16,17)18/h7-8,10H,2-6,9H2,1H3/q-1. The molecule has 0 aliphatic carbocycles. The fourth-order valence-electron chi connectivity index (χ4n) is 1.76. The molecule has 0 N–H and O–H groups in total. The number of rotatable bonds is 8. The predicted molar refractivity (Wildman–Crippen MR) is 69.4 cm³/mol. The van der Waals surface area contributed by atoms with Crippen LogP contribution in [0.4, 0.5) is 17.3 Å². The van der Waals surface area contributed by atoms with E-state index in [1.807, 2.05) is 0 Å². The molecule has 0 aromatic heterocycles. The highest BCUT2D eigenvalue weighted by Crippen LogP contribution is 2.17. The van der Waals surface area contributed by atoms with Gasteiger partial charge in [-0.05, 0) is 12.5 Å². The largest absolute Gasteiger partial charge is 0.512 e. The van der Waals surface area contributed by atoms with Gasteiger partial charge in [-0.2, -0.15) is 0 Å². The van der Waals surface area contributed by atoms with E-state index in [1.165, 1.54) is 6.07 Å². The van der Waals surface area contributed by atoms with Crippen LogP contribution in [-0.4, -0.2) is 13.6 Å². The van der Waals surface area contributed by atoms with Crippen LogP contribution in [0.2, 0.25) is 0 Å². The van der Waals surface area contributed by atoms with Gasteiger partial charge in [-0.1, -0.05) is 44.1 Å². The van der Waals surface area contributed by atoms with Crippen LogP contribution in [0.25, 0.3) is 0 Å². The third-order valence-electron chi connectivity index (χ3n) is 2.84. The molecule has 0 radical (unpaired) electrons. The van der Waals surface area contributed by atoms with Gasteiger partial charge in [0.05, 0.1) is 12.4 Å². The first-order valence-corrected chi connectivity index (χ1v) is 6.57. The van der Waals surface area contributed by atoms with Crippen LogP contribution in [0, 0.1) is 5.82 Å². The molecule has 1 nitrogen and oxygen atoms in total. The van der Waals surface area contributed by atoms with Crippen LogP contribution in [-0.2, 0) is 0 Å². The zero-order valence-corrected chi connectivity index (χ0v) is 11.0. The van der Waals surface area contributed by atoms with E-state index in [-0.39, 0.29) is 5.75 Å². The highest BCUT2D eigenvalue weighted by molar-refractivity contribution is 6.73. The summed E-state index contributed by atoms with van der Waals surface area (Å²) < 4.78 is 55.6. The zero-order chi connectivity index (χ0) is 14.3. The summed E-state index contributed by atoms with van der Waals surface area (Å²) in [5, 5.41) is 0. The average molecular weight is 277 g/mol. The van der Waals surface area contributed by atoms with Gasteiger partial charge in [0.2, 0.25) is 0 Å². The Hall–Kier alpha value is -1.20. The molecule has 0 aliphatic rings. The first-order valence-electron chi connectivity index (χ1n) is 6.57. The van der Waals surface area contributed by atoms with Gasteiger partial charge in [-0.15, -0.1) is 0 Å². The Bertz CT molecular complexity index is 393. The van der Waals surface area contributed by atoms with Crippen molar-refractivity contribution in [1.29, 1.82) is 0 Å². The van der Waals surface area contributed by atoms with E-state index >= 15 is 0 Å². The zero-order valence-electron chi connectivity index (χ0n) is 11.0. The van der Waals surface area contributed by atoms with Crippen molar-refractivity contribution in [3.05, 3.63) is 24.0 Å². The summed E-state index contributed by atoms with van der Waals surface area (Å²) in [4.78, 5) is 0. The van der Waals surface area contributed by atoms with Gasteiger partial charge in [0.25, 0.3) is 0 Å². The molecular weight excluding hydrogens is 259 g/mol. The van der Waals surface area contributed by atoms with Crippen molar-refractivity contribution < 1.29 is 22.1 Å². The maximum absolute atomic E-state index is 13.2. The van der Waals surface area contributed by atoms with E-state index in [0.717, 1.165) is 44.2 Å². The third kappa shape index (κ3) is 5.53. The lowest BCUT2D eigenvalue weighted by atomic mass is 9.80. The van der Waals surface area contributed by atoms with Gasteiger partial charge in [-0.25, -0.2) is 4.39 Å². The van der Waals surface area contributed by atoms with E-state index in [1.54, 1.807) is 0 Å². The fourth-order valence-corrected chi connectivity index (χ4v) is 1.76. The SMILES string of the molecule is CCCCCCCOc1ccc([B-](F)(F)F)c(F)c1. The normalized spacial score (nSPS) is 11.6. The smallest absolute Gasteiger partial charge is 0.493 e. The number of hydrogen-bond acceptors (Lipinski definition) is 1. The van der Waals surface area contributed by atoms with E-state index in [2.05, 4.69) is 6.92 Å². The van der Waals surface area contributed by atoms with E-state index < -0.39 is 18.3 Å². The van der Waals surface area contributed by atoms with Crippen LogP contribution in [0.5, 0.6) is 5.75 Å². The molecule has 0 aliphatic heterocycles. The molecule has 0 fully saturated rings. The first-order chi connectivity index (χ1) is 8.95. The minimum atomic E-state index is -5.30. The van der Waals surface area contributed by atoms with Gasteiger partial charge >= 0.3 is 6.98 Å². The summed E-state index contributed by atoms with van der Waals surface area (Å²) in [6.07, 6.45) is 5.26. The minimum Gasteiger partial charge on any atom is -0.493 e. The average Bonchev–Trinajstić information content (AvgIpc) is 2.32. The second-order valence-corrected chi connectivity index (χ2v) is 4.52. The van der Waals surface area contributed by atoms with Crippen molar-refractivity contribution in [2.24, 2.45) is 0 Å². The maximum Gasteiger partial charge on any atom is 0.512 e. The fraction of sp³-hybridized carbons (Fsp3) is 0.538. The number of ether oxygens (including phenoxy) is 1. The molecule has 19 heavy (non-hydrogen) atoms. The van der Waals surface area contributed by atoms with Gasteiger partial charge in [0.15, 0.2) is 0 Å². The van der Waals surface area contributed by atoms with Crippen LogP contribution in [0.1, 0.15) is 39.0 Å². The molecule has 0 bridgehead atoms. The van der Waals surface area contributed by atoms with E-state index in [4.69, 9.17) is 4.74 Å². The third-order valence-corrected chi connectivity index (χ3v) is 2.84. The summed E-state index contributed by atoms with van der Waals surface area (Å²) >= 11 is 0. The molecule has 0 amide bonds. The minimum absolute atomic E-state index is 0.150. The number of benzene rings is 1. The van der Waals surface area contributed by atoms with Crippen molar-refractivity contribution in [1.82, 2.24) is 0 Å². The van der Waals surface area contributed by atoms with Crippen molar-refractivity contribution >= 4 is 12.4 Å². The lowest BCUT2D eigenvalue weighted by Gasteiger charge is -2.16. The maximum atomic E-state index is 13.2. The first kappa shape index (κ1) is 15.9. The lowest BCUT2D eigenvalue weighted by molar-refractivity contribution is 0.303. The predicted octanol–water partition coefficient (Wildman–Crippen LogP) is 4.23. The van der Waals surface area contributed by atoms with Crippen LogP contribution < -0.4 is 10.2 Å². The molecule has 0 saturated carbocycles. The molecule has 1 aromatic rings. The molecule has 0 spiro atoms. The highest BCUT2D eigenvalue weighted by atomic mass is 19.4. The number of halogens is 4. The van der Waals surface area contributed by atoms with Crippen molar-refractivity contribution in [3.63, 3.8) is 0 Å². The quantitative estimate of drug-likeness (QED) is 0.392. The summed E-state index contributed by atoms with van der Waals surface area (Å²) in [5.74, 6) is -1.12. The van der Waals surface area contributed by atoms with E-state index in [0.29, 0.717) is 6.61 Å². The van der Waals surface area contributed by atoms with Gasteiger partial charge in [-0.3, -0.25) is 0 Å². The van der Waals surface area contributed by atoms with Crippen LogP contribution >= 0.6 is 0 Å². The molecule has 0 atom stereocenters. The highest BCUT2D eigenvalue weighted by Gasteiger charge is 2.28. The Morgan fingerprint density at radius 2 is 1.74 bits per heavy atom. The Balaban J connectivity index is 2.42. The summed E-state index contributed by atoms with van der Waals surface area (Å²) in [5.41, 5.74) is -1.20.